The third kappa shape index (κ3) is 3.37. The minimum Gasteiger partial charge on any atom is -0.378 e. The summed E-state index contributed by atoms with van der Waals surface area (Å²) in [7, 11) is 0. The summed E-state index contributed by atoms with van der Waals surface area (Å²) in [6, 6.07) is 6.16. The van der Waals surface area contributed by atoms with E-state index >= 15 is 0 Å². The number of fused-ring (bicyclic) bond motifs is 1. The lowest BCUT2D eigenvalue weighted by Gasteiger charge is -2.24. The number of ketones is 1. The van der Waals surface area contributed by atoms with Gasteiger partial charge in [-0.25, -0.2) is 0 Å². The lowest BCUT2D eigenvalue weighted by Crippen LogP contribution is -2.46. The molecule has 2 atom stereocenters. The summed E-state index contributed by atoms with van der Waals surface area (Å²) in [5.41, 5.74) is 3.57. The Morgan fingerprint density at radius 1 is 1.40 bits per heavy atom. The van der Waals surface area contributed by atoms with Gasteiger partial charge in [-0.2, -0.15) is 4.98 Å². The maximum atomic E-state index is 12.5. The number of carbonyl (C=O) groups is 1. The zero-order chi connectivity index (χ0) is 17.2. The van der Waals surface area contributed by atoms with Crippen LogP contribution in [0.2, 0.25) is 0 Å². The predicted molar refractivity (Wildman–Crippen MR) is 92.4 cm³/mol. The summed E-state index contributed by atoms with van der Waals surface area (Å²) in [5.74, 6) is 1.85. The molecule has 132 valence electrons. The van der Waals surface area contributed by atoms with Crippen LogP contribution in [0.25, 0.3) is 11.4 Å². The maximum Gasteiger partial charge on any atom is 0.226 e. The lowest BCUT2D eigenvalue weighted by atomic mass is 9.92. The molecule has 1 aliphatic heterocycles. The molecule has 0 saturated carbocycles. The topological polar surface area (TPSA) is 77.2 Å². The molecule has 2 aliphatic rings. The second-order valence-electron chi connectivity index (χ2n) is 6.77. The number of nitrogens with one attached hydrogen (secondary N) is 1. The molecule has 1 aliphatic carbocycles. The first-order chi connectivity index (χ1) is 12.2. The molecule has 0 amide bonds. The SMILES string of the molecule is CCc1nc(-c2ccc3c(c2)CC[C@H]3CC(=O)[C@H]2COCCN2)no1. The van der Waals surface area contributed by atoms with E-state index in [4.69, 9.17) is 9.26 Å². The highest BCUT2D eigenvalue weighted by Crippen LogP contribution is 2.37. The number of hydrogen-bond acceptors (Lipinski definition) is 6. The third-order valence-electron chi connectivity index (χ3n) is 5.13. The van der Waals surface area contributed by atoms with Gasteiger partial charge < -0.3 is 14.6 Å². The van der Waals surface area contributed by atoms with E-state index in [1.54, 1.807) is 0 Å². The smallest absolute Gasteiger partial charge is 0.226 e. The van der Waals surface area contributed by atoms with Crippen LogP contribution in [0.1, 0.15) is 42.7 Å². The van der Waals surface area contributed by atoms with Crippen molar-refractivity contribution in [3.05, 3.63) is 35.2 Å². The second-order valence-corrected chi connectivity index (χ2v) is 6.77. The first-order valence-electron chi connectivity index (χ1n) is 9.04. The monoisotopic (exact) mass is 341 g/mol. The van der Waals surface area contributed by atoms with Gasteiger partial charge in [0.2, 0.25) is 11.7 Å². The van der Waals surface area contributed by atoms with Crippen LogP contribution >= 0.6 is 0 Å². The van der Waals surface area contributed by atoms with Crippen LogP contribution in [-0.4, -0.2) is 41.7 Å². The molecule has 0 unspecified atom stereocenters. The normalized spacial score (nSPS) is 22.8. The average Bonchev–Trinajstić information content (AvgIpc) is 3.29. The molecule has 2 heterocycles. The van der Waals surface area contributed by atoms with Gasteiger partial charge in [-0.1, -0.05) is 24.2 Å². The molecule has 0 radical (unpaired) electrons. The van der Waals surface area contributed by atoms with Crippen molar-refractivity contribution in [3.63, 3.8) is 0 Å². The van der Waals surface area contributed by atoms with E-state index in [2.05, 4.69) is 27.6 Å². The summed E-state index contributed by atoms with van der Waals surface area (Å²) in [6.07, 6.45) is 3.33. The zero-order valence-electron chi connectivity index (χ0n) is 14.5. The van der Waals surface area contributed by atoms with Crippen molar-refractivity contribution in [3.8, 4) is 11.4 Å². The van der Waals surface area contributed by atoms with Crippen LogP contribution < -0.4 is 5.32 Å². The Bertz CT molecular complexity index is 765. The second kappa shape index (κ2) is 7.06. The minimum absolute atomic E-state index is 0.149. The van der Waals surface area contributed by atoms with E-state index in [0.29, 0.717) is 37.3 Å². The van der Waals surface area contributed by atoms with Crippen molar-refractivity contribution < 1.29 is 14.1 Å². The number of Topliss-reactive ketones (excluding diaryl/α,β-unsaturated/α-hetero) is 1. The number of aromatic nitrogens is 2. The molecule has 0 bridgehead atoms. The standard InChI is InChI=1S/C19H23N3O3/c1-2-18-21-19(22-25-18)14-5-6-15-12(9-14)3-4-13(15)10-17(23)16-11-24-8-7-20-16/h5-6,9,13,16,20H,2-4,7-8,10-11H2,1H3/t13-,16+/m0/s1. The van der Waals surface area contributed by atoms with Crippen molar-refractivity contribution in [1.82, 2.24) is 15.5 Å². The molecule has 1 N–H and O–H groups in total. The van der Waals surface area contributed by atoms with Gasteiger partial charge in [0.25, 0.3) is 0 Å². The van der Waals surface area contributed by atoms with E-state index in [1.165, 1.54) is 11.1 Å². The number of hydrogen-bond donors (Lipinski definition) is 1. The molecule has 1 aromatic carbocycles. The van der Waals surface area contributed by atoms with Gasteiger partial charge in [-0.3, -0.25) is 4.79 Å². The lowest BCUT2D eigenvalue weighted by molar-refractivity contribution is -0.124. The number of rotatable bonds is 5. The van der Waals surface area contributed by atoms with Crippen LogP contribution in [0.3, 0.4) is 0 Å². The Balaban J connectivity index is 1.48. The number of morpholine rings is 1. The highest BCUT2D eigenvalue weighted by atomic mass is 16.5. The Morgan fingerprint density at radius 2 is 2.32 bits per heavy atom. The molecule has 0 spiro atoms. The Hall–Kier alpha value is -2.05. The molecule has 1 saturated heterocycles. The number of benzene rings is 1. The molecule has 4 rings (SSSR count). The molecule has 6 nitrogen and oxygen atoms in total. The Kier molecular flexibility index (Phi) is 4.63. The first-order valence-corrected chi connectivity index (χ1v) is 9.04. The van der Waals surface area contributed by atoms with E-state index in [9.17, 15) is 4.79 Å². The highest BCUT2D eigenvalue weighted by molar-refractivity contribution is 5.85. The molecular formula is C19H23N3O3. The minimum atomic E-state index is -0.149. The molecule has 25 heavy (non-hydrogen) atoms. The van der Waals surface area contributed by atoms with E-state index < -0.39 is 0 Å². The zero-order valence-corrected chi connectivity index (χ0v) is 14.5. The average molecular weight is 341 g/mol. The van der Waals surface area contributed by atoms with E-state index in [-0.39, 0.29) is 11.8 Å². The third-order valence-corrected chi connectivity index (χ3v) is 5.13. The van der Waals surface area contributed by atoms with E-state index in [0.717, 1.165) is 31.4 Å². The van der Waals surface area contributed by atoms with Crippen molar-refractivity contribution >= 4 is 5.78 Å². The molecule has 2 aromatic rings. The van der Waals surface area contributed by atoms with Gasteiger partial charge in [-0.05, 0) is 36.0 Å². The fourth-order valence-electron chi connectivity index (χ4n) is 3.73. The quantitative estimate of drug-likeness (QED) is 0.899. The summed E-state index contributed by atoms with van der Waals surface area (Å²) in [6.45, 7) is 3.93. The van der Waals surface area contributed by atoms with Gasteiger partial charge in [0, 0.05) is 24.9 Å². The van der Waals surface area contributed by atoms with Gasteiger partial charge in [-0.15, -0.1) is 0 Å². The number of aryl methyl sites for hydroxylation is 2. The largest absolute Gasteiger partial charge is 0.378 e. The summed E-state index contributed by atoms with van der Waals surface area (Å²) in [5, 5.41) is 7.30. The fraction of sp³-hybridized carbons (Fsp3) is 0.526. The van der Waals surface area contributed by atoms with Crippen molar-refractivity contribution in [2.75, 3.05) is 19.8 Å². The van der Waals surface area contributed by atoms with Gasteiger partial charge >= 0.3 is 0 Å². The Morgan fingerprint density at radius 3 is 3.08 bits per heavy atom. The molecule has 1 aromatic heterocycles. The first kappa shape index (κ1) is 16.4. The van der Waals surface area contributed by atoms with Gasteiger partial charge in [0.05, 0.1) is 19.3 Å². The Labute approximate surface area is 147 Å². The highest BCUT2D eigenvalue weighted by Gasteiger charge is 2.29. The predicted octanol–water partition coefficient (Wildman–Crippen LogP) is 2.28. The van der Waals surface area contributed by atoms with Crippen molar-refractivity contribution in [1.29, 1.82) is 0 Å². The molecule has 6 heteroatoms. The molecule has 1 fully saturated rings. The summed E-state index contributed by atoms with van der Waals surface area (Å²) < 4.78 is 10.6. The van der Waals surface area contributed by atoms with Crippen LogP contribution in [-0.2, 0) is 22.4 Å². The number of carbonyl (C=O) groups excluding carboxylic acids is 1. The van der Waals surface area contributed by atoms with Crippen LogP contribution in [0, 0.1) is 0 Å². The van der Waals surface area contributed by atoms with Gasteiger partial charge in [0.15, 0.2) is 5.78 Å². The van der Waals surface area contributed by atoms with Crippen LogP contribution in [0.4, 0.5) is 0 Å². The van der Waals surface area contributed by atoms with Gasteiger partial charge in [0.1, 0.15) is 0 Å². The summed E-state index contributed by atoms with van der Waals surface area (Å²) >= 11 is 0. The fourth-order valence-corrected chi connectivity index (χ4v) is 3.73. The number of nitrogens with zero attached hydrogens (tertiary/aromatic N) is 2. The van der Waals surface area contributed by atoms with E-state index in [1.807, 2.05) is 13.0 Å². The number of ether oxygens (including phenoxy) is 1. The van der Waals surface area contributed by atoms with Crippen molar-refractivity contribution in [2.24, 2.45) is 0 Å². The molecular weight excluding hydrogens is 318 g/mol. The summed E-state index contributed by atoms with van der Waals surface area (Å²) in [4.78, 5) is 16.9. The van der Waals surface area contributed by atoms with Crippen LogP contribution in [0.5, 0.6) is 0 Å². The maximum absolute atomic E-state index is 12.5. The van der Waals surface area contributed by atoms with Crippen molar-refractivity contribution in [2.45, 2.75) is 44.6 Å². The van der Waals surface area contributed by atoms with Crippen LogP contribution in [0.15, 0.2) is 22.7 Å².